The molecular weight excluding hydrogens is 508 g/mol. The van der Waals surface area contributed by atoms with Crippen molar-refractivity contribution in [2.24, 2.45) is 4.99 Å². The summed E-state index contributed by atoms with van der Waals surface area (Å²) >= 11 is 2.73. The number of esters is 2. The molecule has 0 amide bonds. The van der Waals surface area contributed by atoms with Crippen molar-refractivity contribution in [3.05, 3.63) is 119 Å². The van der Waals surface area contributed by atoms with E-state index < -0.39 is 18.0 Å². The Hall–Kier alpha value is -4.08. The highest BCUT2D eigenvalue weighted by Crippen LogP contribution is 2.33. The fourth-order valence-electron chi connectivity index (χ4n) is 4.05. The van der Waals surface area contributed by atoms with Crippen LogP contribution in [0.25, 0.3) is 6.08 Å². The Morgan fingerprint density at radius 3 is 2.49 bits per heavy atom. The first kappa shape index (κ1) is 24.6. The van der Waals surface area contributed by atoms with Crippen molar-refractivity contribution in [3.63, 3.8) is 0 Å². The molecule has 7 nitrogen and oxygen atoms in total. The van der Waals surface area contributed by atoms with Gasteiger partial charge in [-0.05, 0) is 47.7 Å². The zero-order valence-corrected chi connectivity index (χ0v) is 21.7. The maximum atomic E-state index is 13.6. The van der Waals surface area contributed by atoms with Crippen molar-refractivity contribution in [3.8, 4) is 5.75 Å². The van der Waals surface area contributed by atoms with E-state index in [4.69, 9.17) is 9.47 Å². The fraction of sp³-hybridized carbons (Fsp3) is 0.143. The molecule has 1 aliphatic heterocycles. The zero-order valence-electron chi connectivity index (χ0n) is 20.0. The molecule has 1 atom stereocenters. The molecule has 0 spiro atoms. The van der Waals surface area contributed by atoms with E-state index in [0.29, 0.717) is 26.4 Å². The summed E-state index contributed by atoms with van der Waals surface area (Å²) in [6.45, 7) is 3.23. The van der Waals surface area contributed by atoms with E-state index in [-0.39, 0.29) is 12.2 Å². The third-order valence-electron chi connectivity index (χ3n) is 5.71. The van der Waals surface area contributed by atoms with E-state index in [1.807, 2.05) is 47.8 Å². The molecular formula is C28H22N2O5S2. The molecule has 0 saturated carbocycles. The normalized spacial score (nSPS) is 15.2. The van der Waals surface area contributed by atoms with Gasteiger partial charge in [-0.2, -0.15) is 0 Å². The van der Waals surface area contributed by atoms with Gasteiger partial charge in [0.05, 0.1) is 15.8 Å². The van der Waals surface area contributed by atoms with Crippen molar-refractivity contribution in [1.82, 2.24) is 4.57 Å². The Balaban J connectivity index is 1.53. The first-order valence-electron chi connectivity index (χ1n) is 11.5. The minimum atomic E-state index is -0.631. The van der Waals surface area contributed by atoms with Crippen molar-refractivity contribution < 1.29 is 19.1 Å². The van der Waals surface area contributed by atoms with Crippen LogP contribution in [0, 0.1) is 0 Å². The summed E-state index contributed by atoms with van der Waals surface area (Å²) < 4.78 is 12.8. The lowest BCUT2D eigenvalue weighted by Gasteiger charge is -2.23. The summed E-state index contributed by atoms with van der Waals surface area (Å²) in [5.74, 6) is -0.472. The SMILES string of the molecule is CC(=O)Oc1ccc(/C=c2/sc3n(c2=O)C(c2cccs2)C(C(=O)OCc2ccccc2)=C(C)N=3)cc1. The average Bonchev–Trinajstić information content (AvgIpc) is 3.52. The van der Waals surface area contributed by atoms with E-state index in [0.717, 1.165) is 16.0 Å². The maximum absolute atomic E-state index is 13.6. The highest BCUT2D eigenvalue weighted by molar-refractivity contribution is 7.10. The predicted molar refractivity (Wildman–Crippen MR) is 142 cm³/mol. The topological polar surface area (TPSA) is 87.0 Å². The molecule has 0 bridgehead atoms. The zero-order chi connectivity index (χ0) is 25.9. The van der Waals surface area contributed by atoms with Crippen molar-refractivity contribution in [2.45, 2.75) is 26.5 Å². The van der Waals surface area contributed by atoms with Gasteiger partial charge in [-0.3, -0.25) is 14.2 Å². The molecule has 3 heterocycles. The number of aromatic nitrogens is 1. The van der Waals surface area contributed by atoms with Crippen LogP contribution in [0.3, 0.4) is 0 Å². The Bertz CT molecular complexity index is 1660. The molecule has 9 heteroatoms. The van der Waals surface area contributed by atoms with Crippen LogP contribution < -0.4 is 19.6 Å². The molecule has 4 aromatic rings. The van der Waals surface area contributed by atoms with E-state index in [1.54, 1.807) is 41.8 Å². The molecule has 1 unspecified atom stereocenters. The van der Waals surface area contributed by atoms with Gasteiger partial charge < -0.3 is 9.47 Å². The molecule has 1 aliphatic rings. The number of carbonyl (C=O) groups is 2. The van der Waals surface area contributed by atoms with Gasteiger partial charge in [-0.25, -0.2) is 9.79 Å². The number of nitrogens with zero attached hydrogens (tertiary/aromatic N) is 2. The van der Waals surface area contributed by atoms with Crippen molar-refractivity contribution in [2.75, 3.05) is 0 Å². The Kier molecular flexibility index (Phi) is 6.98. The van der Waals surface area contributed by atoms with E-state index in [9.17, 15) is 14.4 Å². The highest BCUT2D eigenvalue weighted by Gasteiger charge is 2.34. The van der Waals surface area contributed by atoms with Gasteiger partial charge in [-0.15, -0.1) is 11.3 Å². The van der Waals surface area contributed by atoms with Gasteiger partial charge >= 0.3 is 11.9 Å². The van der Waals surface area contributed by atoms with E-state index in [2.05, 4.69) is 4.99 Å². The van der Waals surface area contributed by atoms with Crippen LogP contribution in [0.15, 0.2) is 93.2 Å². The minimum absolute atomic E-state index is 0.126. The maximum Gasteiger partial charge on any atom is 0.338 e. The minimum Gasteiger partial charge on any atom is -0.457 e. The molecule has 5 rings (SSSR count). The van der Waals surface area contributed by atoms with Crippen LogP contribution in [-0.4, -0.2) is 16.5 Å². The van der Waals surface area contributed by atoms with Gasteiger partial charge in [0.1, 0.15) is 18.4 Å². The smallest absolute Gasteiger partial charge is 0.338 e. The Morgan fingerprint density at radius 1 is 1.05 bits per heavy atom. The van der Waals surface area contributed by atoms with Gasteiger partial charge in [0.25, 0.3) is 5.56 Å². The van der Waals surface area contributed by atoms with Crippen molar-refractivity contribution >= 4 is 40.7 Å². The molecule has 0 radical (unpaired) electrons. The first-order valence-corrected chi connectivity index (χ1v) is 13.2. The molecule has 2 aromatic carbocycles. The third-order valence-corrected chi connectivity index (χ3v) is 7.61. The second-order valence-corrected chi connectivity index (χ2v) is 10.3. The molecule has 37 heavy (non-hydrogen) atoms. The average molecular weight is 531 g/mol. The number of ether oxygens (including phenoxy) is 2. The van der Waals surface area contributed by atoms with Crippen LogP contribution in [0.2, 0.25) is 0 Å². The van der Waals surface area contributed by atoms with Gasteiger partial charge in [0, 0.05) is 11.8 Å². The van der Waals surface area contributed by atoms with Crippen LogP contribution in [-0.2, 0) is 20.9 Å². The van der Waals surface area contributed by atoms with Crippen LogP contribution in [0.4, 0.5) is 0 Å². The third kappa shape index (κ3) is 5.23. The summed E-state index contributed by atoms with van der Waals surface area (Å²) in [5, 5.41) is 1.91. The summed E-state index contributed by atoms with van der Waals surface area (Å²) in [7, 11) is 0. The molecule has 186 valence electrons. The molecule has 2 aromatic heterocycles. The number of allylic oxidation sites excluding steroid dienone is 1. The summed E-state index contributed by atoms with van der Waals surface area (Å²) in [6, 6.07) is 19.5. The predicted octanol–water partition coefficient (Wildman–Crippen LogP) is 3.97. The number of fused-ring (bicyclic) bond motifs is 1. The van der Waals surface area contributed by atoms with Crippen LogP contribution >= 0.6 is 22.7 Å². The standard InChI is InChI=1S/C28H22N2O5S2/c1-17-24(27(33)34-16-20-7-4-3-5-8-20)25(22-9-6-14-36-22)30-26(32)23(37-28(30)29-17)15-19-10-12-21(13-11-19)35-18(2)31/h3-15,25H,16H2,1-2H3/b23-15+. The lowest BCUT2D eigenvalue weighted by molar-refractivity contribution is -0.141. The molecule has 0 aliphatic carbocycles. The summed E-state index contributed by atoms with van der Waals surface area (Å²) in [6.07, 6.45) is 1.76. The quantitative estimate of drug-likeness (QED) is 0.278. The van der Waals surface area contributed by atoms with E-state index >= 15 is 0 Å². The number of thiophene rings is 1. The van der Waals surface area contributed by atoms with Crippen LogP contribution in [0.5, 0.6) is 5.75 Å². The number of hydrogen-bond donors (Lipinski definition) is 0. The first-order chi connectivity index (χ1) is 17.9. The number of benzene rings is 2. The van der Waals surface area contributed by atoms with E-state index in [1.165, 1.54) is 29.6 Å². The Labute approximate surface area is 220 Å². The number of carbonyl (C=O) groups excluding carboxylic acids is 2. The monoisotopic (exact) mass is 530 g/mol. The van der Waals surface area contributed by atoms with Crippen LogP contribution in [0.1, 0.15) is 35.9 Å². The molecule has 0 N–H and O–H groups in total. The second kappa shape index (κ2) is 10.5. The number of thiazole rings is 1. The highest BCUT2D eigenvalue weighted by atomic mass is 32.1. The number of rotatable bonds is 6. The second-order valence-electron chi connectivity index (χ2n) is 8.32. The molecule has 0 saturated heterocycles. The summed E-state index contributed by atoms with van der Waals surface area (Å²) in [4.78, 5) is 44.1. The van der Waals surface area contributed by atoms with Gasteiger partial charge in [0.15, 0.2) is 4.80 Å². The van der Waals surface area contributed by atoms with Gasteiger partial charge in [0.2, 0.25) is 0 Å². The van der Waals surface area contributed by atoms with Crippen molar-refractivity contribution in [1.29, 1.82) is 0 Å². The molecule has 0 fully saturated rings. The summed E-state index contributed by atoms with van der Waals surface area (Å²) in [5.41, 5.74) is 2.27. The Morgan fingerprint density at radius 2 is 1.81 bits per heavy atom. The lowest BCUT2D eigenvalue weighted by Crippen LogP contribution is -2.39. The number of hydrogen-bond acceptors (Lipinski definition) is 8. The lowest BCUT2D eigenvalue weighted by atomic mass is 10.0. The van der Waals surface area contributed by atoms with Gasteiger partial charge in [-0.1, -0.05) is 59.9 Å². The fourth-order valence-corrected chi connectivity index (χ4v) is 5.92. The largest absolute Gasteiger partial charge is 0.457 e.